The van der Waals surface area contributed by atoms with Gasteiger partial charge in [-0.1, -0.05) is 55.7 Å². The minimum Gasteiger partial charge on any atom is -0.363 e. The van der Waals surface area contributed by atoms with Crippen molar-refractivity contribution in [3.05, 3.63) is 0 Å². The third-order valence-corrected chi connectivity index (χ3v) is 5.53. The summed E-state index contributed by atoms with van der Waals surface area (Å²) in [7, 11) is 3.68. The molecule has 0 saturated carbocycles. The molecule has 0 radical (unpaired) electrons. The van der Waals surface area contributed by atoms with Crippen LogP contribution in [-0.4, -0.2) is 22.0 Å². The number of hydrogen-bond donors (Lipinski definition) is 1. The Morgan fingerprint density at radius 3 is 2.13 bits per heavy atom. The summed E-state index contributed by atoms with van der Waals surface area (Å²) < 4.78 is 5.97. The van der Waals surface area contributed by atoms with Crippen LogP contribution < -0.4 is 0 Å². The van der Waals surface area contributed by atoms with Gasteiger partial charge in [-0.15, -0.1) is 0 Å². The molecule has 4 heteroatoms. The maximum absolute atomic E-state index is 5.97. The molecule has 0 aromatic carbocycles. The van der Waals surface area contributed by atoms with Crippen molar-refractivity contribution in [3.8, 4) is 0 Å². The van der Waals surface area contributed by atoms with Crippen molar-refractivity contribution in [1.82, 2.24) is 0 Å². The molecule has 1 nitrogen and oxygen atoms in total. The third-order valence-electron chi connectivity index (χ3n) is 1.80. The Kier molecular flexibility index (Phi) is 9.69. The maximum Gasteiger partial charge on any atom is 0.124 e. The van der Waals surface area contributed by atoms with E-state index < -0.39 is 0 Å². The first-order valence-electron chi connectivity index (χ1n) is 5.63. The Morgan fingerprint density at radius 2 is 1.73 bits per heavy atom. The average Bonchev–Trinajstić information content (AvgIpc) is 2.11. The standard InChI is InChI=1S/C11H24OS3/c1-6-7-9(4)12-11(10(5)13)15-14-8(2)3/h8-11,13H,6-7H2,1-5H3. The lowest BCUT2D eigenvalue weighted by atomic mass is 10.2. The van der Waals surface area contributed by atoms with E-state index in [4.69, 9.17) is 4.74 Å². The van der Waals surface area contributed by atoms with E-state index in [-0.39, 0.29) is 10.7 Å². The molecule has 3 atom stereocenters. The Morgan fingerprint density at radius 1 is 1.13 bits per heavy atom. The predicted octanol–water partition coefficient (Wildman–Crippen LogP) is 4.63. The van der Waals surface area contributed by atoms with E-state index in [2.05, 4.69) is 47.2 Å². The lowest BCUT2D eigenvalue weighted by molar-refractivity contribution is 0.0436. The summed E-state index contributed by atoms with van der Waals surface area (Å²) in [6, 6.07) is 0. The second-order valence-electron chi connectivity index (χ2n) is 4.09. The monoisotopic (exact) mass is 268 g/mol. The molecule has 3 unspecified atom stereocenters. The SMILES string of the molecule is CCCC(C)OC(SSC(C)C)C(C)S. The van der Waals surface area contributed by atoms with Gasteiger partial charge in [-0.2, -0.15) is 12.6 Å². The zero-order valence-electron chi connectivity index (χ0n) is 10.4. The number of hydrogen-bond acceptors (Lipinski definition) is 4. The van der Waals surface area contributed by atoms with Crippen LogP contribution >= 0.6 is 34.2 Å². The molecule has 0 spiro atoms. The Balaban J connectivity index is 3.92. The Hall–Kier alpha value is 1.01. The van der Waals surface area contributed by atoms with Gasteiger partial charge >= 0.3 is 0 Å². The highest BCUT2D eigenvalue weighted by molar-refractivity contribution is 8.77. The summed E-state index contributed by atoms with van der Waals surface area (Å²) in [4.78, 5) is 0. The van der Waals surface area contributed by atoms with Crippen molar-refractivity contribution in [2.24, 2.45) is 0 Å². The normalized spacial score (nSPS) is 17.8. The molecule has 0 aliphatic rings. The first kappa shape index (κ1) is 16.0. The third kappa shape index (κ3) is 8.78. The fourth-order valence-corrected chi connectivity index (χ4v) is 3.94. The zero-order valence-corrected chi connectivity index (χ0v) is 12.9. The van der Waals surface area contributed by atoms with Crippen molar-refractivity contribution in [2.75, 3.05) is 0 Å². The van der Waals surface area contributed by atoms with Crippen LogP contribution in [0.5, 0.6) is 0 Å². The van der Waals surface area contributed by atoms with Crippen molar-refractivity contribution < 1.29 is 4.74 Å². The summed E-state index contributed by atoms with van der Waals surface area (Å²) in [5.41, 5.74) is 0.197. The smallest absolute Gasteiger partial charge is 0.124 e. The van der Waals surface area contributed by atoms with Crippen LogP contribution in [0.4, 0.5) is 0 Å². The molecule has 0 aromatic heterocycles. The van der Waals surface area contributed by atoms with Crippen LogP contribution in [0.2, 0.25) is 0 Å². The molecule has 0 aromatic rings. The molecule has 15 heavy (non-hydrogen) atoms. The molecule has 0 saturated heterocycles. The van der Waals surface area contributed by atoms with Crippen LogP contribution in [0.15, 0.2) is 0 Å². The fraction of sp³-hybridized carbons (Fsp3) is 1.00. The lowest BCUT2D eigenvalue weighted by Crippen LogP contribution is -2.23. The number of ether oxygens (including phenoxy) is 1. The van der Waals surface area contributed by atoms with E-state index in [1.807, 2.05) is 21.6 Å². The van der Waals surface area contributed by atoms with Crippen molar-refractivity contribution in [1.29, 1.82) is 0 Å². The average molecular weight is 269 g/mol. The second-order valence-corrected chi connectivity index (χ2v) is 7.85. The number of rotatable bonds is 8. The molecule has 0 heterocycles. The van der Waals surface area contributed by atoms with Crippen LogP contribution in [0.25, 0.3) is 0 Å². The molecule has 0 fully saturated rings. The molecule has 0 rings (SSSR count). The van der Waals surface area contributed by atoms with Gasteiger partial charge in [0.05, 0.1) is 6.10 Å². The summed E-state index contributed by atoms with van der Waals surface area (Å²) in [6.07, 6.45) is 2.65. The van der Waals surface area contributed by atoms with Gasteiger partial charge in [0.1, 0.15) is 5.44 Å². The minimum absolute atomic E-state index is 0.197. The van der Waals surface area contributed by atoms with Gasteiger partial charge in [-0.3, -0.25) is 0 Å². The first-order valence-corrected chi connectivity index (χ1v) is 8.42. The molecule has 0 aliphatic heterocycles. The predicted molar refractivity (Wildman–Crippen MR) is 78.0 cm³/mol. The summed E-state index contributed by atoms with van der Waals surface area (Å²) in [6.45, 7) is 10.8. The van der Waals surface area contributed by atoms with E-state index >= 15 is 0 Å². The number of thiol groups is 1. The van der Waals surface area contributed by atoms with Crippen LogP contribution in [0.1, 0.15) is 47.5 Å². The first-order chi connectivity index (χ1) is 6.97. The highest BCUT2D eigenvalue weighted by Gasteiger charge is 2.19. The molecule has 92 valence electrons. The van der Waals surface area contributed by atoms with Gasteiger partial charge in [-0.25, -0.2) is 0 Å². The van der Waals surface area contributed by atoms with Crippen LogP contribution in [0.3, 0.4) is 0 Å². The molecule has 0 aliphatic carbocycles. The quantitative estimate of drug-likeness (QED) is 0.391. The fourth-order valence-electron chi connectivity index (χ4n) is 1.09. The van der Waals surface area contributed by atoms with Crippen molar-refractivity contribution >= 4 is 34.2 Å². The highest BCUT2D eigenvalue weighted by Crippen LogP contribution is 2.35. The summed E-state index contributed by atoms with van der Waals surface area (Å²) in [5.74, 6) is 0. The topological polar surface area (TPSA) is 9.23 Å². The second kappa shape index (κ2) is 9.08. The maximum atomic E-state index is 5.97. The molecule has 0 N–H and O–H groups in total. The molecule has 0 bridgehead atoms. The van der Waals surface area contributed by atoms with E-state index in [0.29, 0.717) is 11.4 Å². The summed E-state index contributed by atoms with van der Waals surface area (Å²) in [5, 5.41) is 0.912. The Labute approximate surface area is 108 Å². The summed E-state index contributed by atoms with van der Waals surface area (Å²) >= 11 is 4.48. The van der Waals surface area contributed by atoms with Crippen molar-refractivity contribution in [2.45, 2.75) is 69.5 Å². The minimum atomic E-state index is 0.197. The molecular formula is C11H24OS3. The van der Waals surface area contributed by atoms with E-state index in [0.717, 1.165) is 6.42 Å². The van der Waals surface area contributed by atoms with Gasteiger partial charge in [-0.05, 0) is 13.3 Å². The van der Waals surface area contributed by atoms with Gasteiger partial charge in [0.15, 0.2) is 0 Å². The van der Waals surface area contributed by atoms with E-state index in [1.54, 1.807) is 0 Å². The van der Waals surface area contributed by atoms with Crippen molar-refractivity contribution in [3.63, 3.8) is 0 Å². The molecular weight excluding hydrogens is 244 g/mol. The Bertz CT molecular complexity index is 151. The largest absolute Gasteiger partial charge is 0.363 e. The van der Waals surface area contributed by atoms with E-state index in [9.17, 15) is 0 Å². The van der Waals surface area contributed by atoms with Gasteiger partial charge in [0.2, 0.25) is 0 Å². The van der Waals surface area contributed by atoms with Gasteiger partial charge in [0, 0.05) is 10.5 Å². The lowest BCUT2D eigenvalue weighted by Gasteiger charge is -2.24. The van der Waals surface area contributed by atoms with Gasteiger partial charge < -0.3 is 4.74 Å². The van der Waals surface area contributed by atoms with Crippen LogP contribution in [0, 0.1) is 0 Å². The molecule has 0 amide bonds. The van der Waals surface area contributed by atoms with E-state index in [1.165, 1.54) is 6.42 Å². The van der Waals surface area contributed by atoms with Crippen LogP contribution in [-0.2, 0) is 4.74 Å². The highest BCUT2D eigenvalue weighted by atomic mass is 33.1. The zero-order chi connectivity index (χ0) is 11.8. The van der Waals surface area contributed by atoms with Gasteiger partial charge in [0.25, 0.3) is 0 Å².